The fourth-order valence-corrected chi connectivity index (χ4v) is 1.14. The number of nitrogen functional groups attached to an aromatic ring is 1. The van der Waals surface area contributed by atoms with Gasteiger partial charge in [-0.05, 0) is 24.3 Å². The molecule has 0 aliphatic carbocycles. The average Bonchev–Trinajstić information content (AvgIpc) is 2.48. The molecule has 0 saturated heterocycles. The number of H-pyrrole nitrogens is 1. The molecule has 4 nitrogen and oxygen atoms in total. The molecule has 0 bridgehead atoms. The molecule has 0 atom stereocenters. The Labute approximate surface area is 78.8 Å². The molecule has 5 heteroatoms. The van der Waals surface area contributed by atoms with Gasteiger partial charge in [-0.15, -0.1) is 0 Å². The molecule has 1 aromatic carbocycles. The van der Waals surface area contributed by atoms with E-state index in [1.807, 2.05) is 0 Å². The molecule has 0 radical (unpaired) electrons. The van der Waals surface area contributed by atoms with Crippen molar-refractivity contribution in [2.75, 3.05) is 5.73 Å². The minimum absolute atomic E-state index is 0.134. The number of halogens is 1. The Balaban J connectivity index is 2.49. The van der Waals surface area contributed by atoms with Crippen LogP contribution in [0.4, 0.5) is 10.1 Å². The lowest BCUT2D eigenvalue weighted by Crippen LogP contribution is -2.06. The van der Waals surface area contributed by atoms with E-state index in [1.165, 1.54) is 23.0 Å². The van der Waals surface area contributed by atoms with Crippen molar-refractivity contribution in [2.24, 2.45) is 0 Å². The van der Waals surface area contributed by atoms with E-state index in [9.17, 15) is 9.18 Å². The molecule has 0 aliphatic rings. The van der Waals surface area contributed by atoms with Gasteiger partial charge in [-0.2, -0.15) is 0 Å². The van der Waals surface area contributed by atoms with Gasteiger partial charge in [0.25, 0.3) is 5.56 Å². The Bertz CT molecular complexity index is 498. The Morgan fingerprint density at radius 2 is 1.93 bits per heavy atom. The van der Waals surface area contributed by atoms with E-state index in [1.54, 1.807) is 12.1 Å². The van der Waals surface area contributed by atoms with Crippen LogP contribution in [0.5, 0.6) is 0 Å². The molecule has 0 aliphatic heterocycles. The summed E-state index contributed by atoms with van der Waals surface area (Å²) in [6.45, 7) is 0. The zero-order valence-electron chi connectivity index (χ0n) is 7.20. The number of nitrogens with one attached hydrogen (secondary N) is 1. The monoisotopic (exact) mass is 193 g/mol. The fraction of sp³-hybridized carbons (Fsp3) is 0. The topological polar surface area (TPSA) is 63.8 Å². The molecule has 0 spiro atoms. The van der Waals surface area contributed by atoms with Crippen molar-refractivity contribution in [2.45, 2.75) is 0 Å². The second-order valence-electron chi connectivity index (χ2n) is 2.87. The van der Waals surface area contributed by atoms with Crippen LogP contribution < -0.4 is 11.3 Å². The number of aromatic amines is 1. The van der Waals surface area contributed by atoms with Crippen LogP contribution in [-0.2, 0) is 0 Å². The van der Waals surface area contributed by atoms with Crippen LogP contribution in [0.15, 0.2) is 35.3 Å². The smallest absolute Gasteiger partial charge is 0.287 e. The van der Waals surface area contributed by atoms with Gasteiger partial charge in [0, 0.05) is 0 Å². The van der Waals surface area contributed by atoms with Gasteiger partial charge in [0.15, 0.2) is 0 Å². The van der Waals surface area contributed by atoms with Crippen molar-refractivity contribution in [3.8, 4) is 5.69 Å². The second kappa shape index (κ2) is 3.02. The summed E-state index contributed by atoms with van der Waals surface area (Å²) in [6.07, 6.45) is 1.45. The SMILES string of the molecule is Nc1cn(-c2ccc(F)cc2)[nH]c1=O. The molecule has 2 aromatic rings. The van der Waals surface area contributed by atoms with Crippen LogP contribution in [0.25, 0.3) is 5.69 Å². The van der Waals surface area contributed by atoms with E-state index in [0.717, 1.165) is 0 Å². The van der Waals surface area contributed by atoms with Gasteiger partial charge < -0.3 is 5.73 Å². The Hall–Kier alpha value is -2.04. The van der Waals surface area contributed by atoms with Gasteiger partial charge in [0.2, 0.25) is 0 Å². The maximum Gasteiger partial charge on any atom is 0.287 e. The van der Waals surface area contributed by atoms with E-state index in [2.05, 4.69) is 5.10 Å². The first-order valence-electron chi connectivity index (χ1n) is 4.00. The van der Waals surface area contributed by atoms with Gasteiger partial charge in [-0.25, -0.2) is 4.39 Å². The molecular formula is C9H8FN3O. The summed E-state index contributed by atoms with van der Waals surface area (Å²) in [4.78, 5) is 11.0. The summed E-state index contributed by atoms with van der Waals surface area (Å²) >= 11 is 0. The first-order valence-corrected chi connectivity index (χ1v) is 4.00. The highest BCUT2D eigenvalue weighted by Gasteiger charge is 2.01. The van der Waals surface area contributed by atoms with Gasteiger partial charge in [0.05, 0.1) is 11.9 Å². The molecular weight excluding hydrogens is 185 g/mol. The zero-order valence-corrected chi connectivity index (χ0v) is 7.20. The predicted molar refractivity (Wildman–Crippen MR) is 50.8 cm³/mol. The fourth-order valence-electron chi connectivity index (χ4n) is 1.14. The lowest BCUT2D eigenvalue weighted by molar-refractivity contribution is 0.627. The number of hydrogen-bond donors (Lipinski definition) is 2. The molecule has 0 fully saturated rings. The van der Waals surface area contributed by atoms with Crippen LogP contribution in [0, 0.1) is 5.82 Å². The van der Waals surface area contributed by atoms with Gasteiger partial charge in [-0.1, -0.05) is 0 Å². The summed E-state index contributed by atoms with van der Waals surface area (Å²) < 4.78 is 14.0. The molecule has 0 saturated carbocycles. The standard InChI is InChI=1S/C9H8FN3O/c10-6-1-3-7(4-2-6)13-5-8(11)9(14)12-13/h1-5H,11H2,(H,12,14). The van der Waals surface area contributed by atoms with Crippen LogP contribution in [0.1, 0.15) is 0 Å². The maximum absolute atomic E-state index is 12.6. The highest BCUT2D eigenvalue weighted by molar-refractivity contribution is 5.38. The van der Waals surface area contributed by atoms with Gasteiger partial charge in [-0.3, -0.25) is 14.6 Å². The van der Waals surface area contributed by atoms with E-state index in [-0.39, 0.29) is 17.1 Å². The number of aromatic nitrogens is 2. The highest BCUT2D eigenvalue weighted by atomic mass is 19.1. The van der Waals surface area contributed by atoms with Gasteiger partial charge in [0.1, 0.15) is 11.5 Å². The van der Waals surface area contributed by atoms with Crippen molar-refractivity contribution in [3.05, 3.63) is 46.6 Å². The molecule has 1 aromatic heterocycles. The molecule has 2 rings (SSSR count). The molecule has 0 amide bonds. The largest absolute Gasteiger partial charge is 0.393 e. The summed E-state index contributed by atoms with van der Waals surface area (Å²) in [5.41, 5.74) is 5.80. The van der Waals surface area contributed by atoms with Crippen molar-refractivity contribution in [1.29, 1.82) is 0 Å². The Morgan fingerprint density at radius 3 is 2.43 bits per heavy atom. The first-order chi connectivity index (χ1) is 6.66. The Kier molecular flexibility index (Phi) is 1.85. The van der Waals surface area contributed by atoms with E-state index < -0.39 is 0 Å². The third-order valence-corrected chi connectivity index (χ3v) is 1.86. The number of nitrogens with zero attached hydrogens (tertiary/aromatic N) is 1. The van der Waals surface area contributed by atoms with Crippen LogP contribution in [0.3, 0.4) is 0 Å². The number of benzene rings is 1. The second-order valence-corrected chi connectivity index (χ2v) is 2.87. The first kappa shape index (κ1) is 8.55. The van der Waals surface area contributed by atoms with E-state index in [0.29, 0.717) is 5.69 Å². The number of hydrogen-bond acceptors (Lipinski definition) is 2. The normalized spacial score (nSPS) is 10.4. The summed E-state index contributed by atoms with van der Waals surface area (Å²) in [5, 5.41) is 2.49. The molecule has 72 valence electrons. The maximum atomic E-state index is 12.6. The van der Waals surface area contributed by atoms with Gasteiger partial charge >= 0.3 is 0 Å². The molecule has 1 heterocycles. The third kappa shape index (κ3) is 1.39. The van der Waals surface area contributed by atoms with E-state index in [4.69, 9.17) is 5.73 Å². The zero-order chi connectivity index (χ0) is 10.1. The lowest BCUT2D eigenvalue weighted by Gasteiger charge is -2.00. The van der Waals surface area contributed by atoms with E-state index >= 15 is 0 Å². The quantitative estimate of drug-likeness (QED) is 0.706. The molecule has 3 N–H and O–H groups in total. The summed E-state index contributed by atoms with van der Waals surface area (Å²) in [7, 11) is 0. The molecule has 0 unspecified atom stereocenters. The number of nitrogens with two attached hydrogens (primary N) is 1. The van der Waals surface area contributed by atoms with Crippen molar-refractivity contribution >= 4 is 5.69 Å². The number of rotatable bonds is 1. The Morgan fingerprint density at radius 1 is 1.29 bits per heavy atom. The average molecular weight is 193 g/mol. The van der Waals surface area contributed by atoms with Crippen molar-refractivity contribution in [1.82, 2.24) is 9.78 Å². The summed E-state index contributed by atoms with van der Waals surface area (Å²) in [5.74, 6) is -0.323. The predicted octanol–water partition coefficient (Wildman–Crippen LogP) is 0.887. The lowest BCUT2D eigenvalue weighted by atomic mass is 10.3. The molecule has 14 heavy (non-hydrogen) atoms. The number of anilines is 1. The van der Waals surface area contributed by atoms with Crippen LogP contribution in [-0.4, -0.2) is 9.78 Å². The van der Waals surface area contributed by atoms with Crippen molar-refractivity contribution in [3.63, 3.8) is 0 Å². The minimum Gasteiger partial charge on any atom is -0.393 e. The minimum atomic E-state index is -0.352. The van der Waals surface area contributed by atoms with Crippen molar-refractivity contribution < 1.29 is 4.39 Å². The summed E-state index contributed by atoms with van der Waals surface area (Å²) in [6, 6.07) is 5.71. The third-order valence-electron chi connectivity index (χ3n) is 1.86. The van der Waals surface area contributed by atoms with Crippen LogP contribution in [0.2, 0.25) is 0 Å². The van der Waals surface area contributed by atoms with Crippen LogP contribution >= 0.6 is 0 Å². The highest BCUT2D eigenvalue weighted by Crippen LogP contribution is 2.07.